The third-order valence-corrected chi connectivity index (χ3v) is 10.7. The van der Waals surface area contributed by atoms with Crippen LogP contribution in [-0.4, -0.2) is 89.4 Å². The Bertz CT molecular complexity index is 1240. The van der Waals surface area contributed by atoms with Crippen LogP contribution < -0.4 is 11.1 Å². The molecule has 6 rings (SSSR count). The Hall–Kier alpha value is -2.95. The van der Waals surface area contributed by atoms with Crippen molar-refractivity contribution in [3.05, 3.63) is 58.3 Å². The number of hydrogen-bond acceptors (Lipinski definition) is 8. The SMILES string of the molecule is C[C@@H]1N=C(N2CCN(C(=O)[C@H](N)[C@H]3CC[C@H](N4CCCCC4)CC3)[C@H](C(=O)NCc3cccs3)C2)O[C@H]1c1ccccc1. The normalized spacial score (nSPS) is 29.1. The average molecular weight is 607 g/mol. The number of nitrogens with one attached hydrogen (secondary N) is 1. The molecule has 0 spiro atoms. The van der Waals surface area contributed by atoms with E-state index in [1.165, 1.54) is 32.4 Å². The summed E-state index contributed by atoms with van der Waals surface area (Å²) < 4.78 is 6.36. The second-order valence-corrected chi connectivity index (χ2v) is 13.6. The summed E-state index contributed by atoms with van der Waals surface area (Å²) in [5.74, 6) is -0.128. The van der Waals surface area contributed by atoms with E-state index in [4.69, 9.17) is 15.5 Å². The number of hydrogen-bond donors (Lipinski definition) is 2. The Morgan fingerprint density at radius 2 is 1.79 bits per heavy atom. The molecule has 4 heterocycles. The van der Waals surface area contributed by atoms with Gasteiger partial charge in [-0.1, -0.05) is 42.8 Å². The van der Waals surface area contributed by atoms with E-state index in [9.17, 15) is 9.59 Å². The molecule has 232 valence electrons. The number of piperidine rings is 1. The Kier molecular flexibility index (Phi) is 9.64. The van der Waals surface area contributed by atoms with Crippen LogP contribution in [0.25, 0.3) is 0 Å². The predicted octanol–water partition coefficient (Wildman–Crippen LogP) is 3.77. The number of thiophene rings is 1. The summed E-state index contributed by atoms with van der Waals surface area (Å²) in [4.78, 5) is 40.0. The number of aliphatic imine (C=N–C) groups is 1. The van der Waals surface area contributed by atoms with Crippen molar-refractivity contribution in [3.63, 3.8) is 0 Å². The zero-order chi connectivity index (χ0) is 29.8. The molecule has 0 unspecified atom stereocenters. The maximum Gasteiger partial charge on any atom is 0.288 e. The third kappa shape index (κ3) is 6.91. The van der Waals surface area contributed by atoms with Crippen LogP contribution in [-0.2, 0) is 20.9 Å². The number of nitrogens with zero attached hydrogens (tertiary/aromatic N) is 4. The molecule has 2 amide bonds. The first-order chi connectivity index (χ1) is 21.0. The Labute approximate surface area is 259 Å². The van der Waals surface area contributed by atoms with E-state index in [0.29, 0.717) is 38.2 Å². The summed E-state index contributed by atoms with van der Waals surface area (Å²) in [6, 6.07) is 13.9. The van der Waals surface area contributed by atoms with Crippen LogP contribution in [0.2, 0.25) is 0 Å². The van der Waals surface area contributed by atoms with Crippen LogP contribution in [0.15, 0.2) is 52.8 Å². The maximum atomic E-state index is 14.0. The number of piperazine rings is 1. The number of carbonyl (C=O) groups is 2. The lowest BCUT2D eigenvalue weighted by Crippen LogP contribution is -2.64. The van der Waals surface area contributed by atoms with Crippen molar-refractivity contribution in [1.82, 2.24) is 20.0 Å². The van der Waals surface area contributed by atoms with Crippen molar-refractivity contribution in [2.75, 3.05) is 32.7 Å². The Morgan fingerprint density at radius 1 is 1.02 bits per heavy atom. The van der Waals surface area contributed by atoms with Gasteiger partial charge in [0.05, 0.1) is 25.2 Å². The van der Waals surface area contributed by atoms with Gasteiger partial charge < -0.3 is 30.5 Å². The van der Waals surface area contributed by atoms with Gasteiger partial charge in [0.1, 0.15) is 12.1 Å². The molecule has 1 aromatic heterocycles. The minimum atomic E-state index is -0.672. The van der Waals surface area contributed by atoms with Crippen LogP contribution in [0, 0.1) is 5.92 Å². The van der Waals surface area contributed by atoms with E-state index in [0.717, 1.165) is 36.1 Å². The molecule has 0 bridgehead atoms. The van der Waals surface area contributed by atoms with Crippen LogP contribution in [0.4, 0.5) is 0 Å². The zero-order valence-corrected chi connectivity index (χ0v) is 26.1. The van der Waals surface area contributed by atoms with Gasteiger partial charge in [-0.3, -0.25) is 9.59 Å². The standard InChI is InChI=1S/C33H46N6O3S/c1-23-30(25-9-4-2-5-10-25)42-33(36-23)38-18-19-39(28(22-38)31(40)35-21-27-11-8-20-43-27)32(41)29(34)24-12-14-26(15-13-24)37-16-6-3-7-17-37/h2,4-5,8-11,20,23-24,26,28-30H,3,6-7,12-19,21-22,34H2,1H3,(H,35,40)/t23-,24-,26-,28-,29+,30+/m0/s1. The Balaban J connectivity index is 1.12. The highest BCUT2D eigenvalue weighted by Crippen LogP contribution is 2.33. The molecule has 1 aliphatic carbocycles. The van der Waals surface area contributed by atoms with E-state index in [1.807, 2.05) is 40.6 Å². The summed E-state index contributed by atoms with van der Waals surface area (Å²) in [6.45, 7) is 6.16. The van der Waals surface area contributed by atoms with Crippen molar-refractivity contribution in [2.24, 2.45) is 16.6 Å². The van der Waals surface area contributed by atoms with E-state index in [2.05, 4.69) is 29.3 Å². The largest absolute Gasteiger partial charge is 0.455 e. The molecule has 4 aliphatic rings. The highest BCUT2D eigenvalue weighted by molar-refractivity contribution is 7.09. The number of nitrogens with two attached hydrogens (primary N) is 1. The fraction of sp³-hybridized carbons (Fsp3) is 0.606. The molecule has 43 heavy (non-hydrogen) atoms. The zero-order valence-electron chi connectivity index (χ0n) is 25.3. The van der Waals surface area contributed by atoms with Crippen molar-refractivity contribution in [3.8, 4) is 0 Å². The number of carbonyl (C=O) groups excluding carboxylic acids is 2. The quantitative estimate of drug-likeness (QED) is 0.498. The van der Waals surface area contributed by atoms with Gasteiger partial charge >= 0.3 is 0 Å². The fourth-order valence-electron chi connectivity index (χ4n) is 7.28. The van der Waals surface area contributed by atoms with Gasteiger partial charge in [-0.15, -0.1) is 11.3 Å². The molecule has 9 nitrogen and oxygen atoms in total. The first-order valence-electron chi connectivity index (χ1n) is 16.1. The fourth-order valence-corrected chi connectivity index (χ4v) is 7.93. The first kappa shape index (κ1) is 30.1. The minimum Gasteiger partial charge on any atom is -0.455 e. The van der Waals surface area contributed by atoms with Crippen LogP contribution in [0.5, 0.6) is 0 Å². The topological polar surface area (TPSA) is 103 Å². The van der Waals surface area contributed by atoms with E-state index in [-0.39, 0.29) is 29.9 Å². The molecule has 2 saturated heterocycles. The third-order valence-electron chi connectivity index (χ3n) is 9.81. The van der Waals surface area contributed by atoms with Gasteiger partial charge in [0, 0.05) is 24.0 Å². The number of ether oxygens (including phenoxy) is 1. The summed E-state index contributed by atoms with van der Waals surface area (Å²) >= 11 is 1.60. The minimum absolute atomic E-state index is 0.0448. The van der Waals surface area contributed by atoms with Crippen molar-refractivity contribution in [1.29, 1.82) is 0 Å². The number of rotatable bonds is 7. The smallest absolute Gasteiger partial charge is 0.288 e. The van der Waals surface area contributed by atoms with Crippen LogP contribution in [0.3, 0.4) is 0 Å². The number of amidine groups is 1. The van der Waals surface area contributed by atoms with Crippen LogP contribution in [0.1, 0.15) is 68.4 Å². The summed E-state index contributed by atoms with van der Waals surface area (Å²) in [5.41, 5.74) is 7.80. The molecule has 1 aromatic carbocycles. The number of likely N-dealkylation sites (tertiary alicyclic amines) is 1. The molecular weight excluding hydrogens is 560 g/mol. The lowest BCUT2D eigenvalue weighted by atomic mass is 9.80. The molecule has 3 N–H and O–H groups in total. The first-order valence-corrected chi connectivity index (χ1v) is 17.0. The highest BCUT2D eigenvalue weighted by atomic mass is 32.1. The summed E-state index contributed by atoms with van der Waals surface area (Å²) in [5, 5.41) is 5.08. The number of benzene rings is 1. The predicted molar refractivity (Wildman–Crippen MR) is 170 cm³/mol. The molecule has 3 fully saturated rings. The molecule has 10 heteroatoms. The van der Waals surface area contributed by atoms with E-state index < -0.39 is 12.1 Å². The monoisotopic (exact) mass is 606 g/mol. The van der Waals surface area contributed by atoms with Crippen LogP contribution >= 0.6 is 11.3 Å². The van der Waals surface area contributed by atoms with Gasteiger partial charge in [-0.25, -0.2) is 4.99 Å². The summed E-state index contributed by atoms with van der Waals surface area (Å²) in [7, 11) is 0. The molecule has 1 saturated carbocycles. The summed E-state index contributed by atoms with van der Waals surface area (Å²) in [6.07, 6.45) is 7.89. The highest BCUT2D eigenvalue weighted by Gasteiger charge is 2.42. The molecule has 2 aromatic rings. The molecular formula is C33H46N6O3S. The lowest BCUT2D eigenvalue weighted by molar-refractivity contribution is -0.145. The van der Waals surface area contributed by atoms with Crippen molar-refractivity contribution >= 4 is 29.2 Å². The van der Waals surface area contributed by atoms with E-state index >= 15 is 0 Å². The van der Waals surface area contributed by atoms with Crippen molar-refractivity contribution < 1.29 is 14.3 Å². The van der Waals surface area contributed by atoms with Gasteiger partial charge in [0.25, 0.3) is 6.02 Å². The second-order valence-electron chi connectivity index (χ2n) is 12.6. The van der Waals surface area contributed by atoms with Crippen molar-refractivity contribution in [2.45, 2.75) is 88.7 Å². The van der Waals surface area contributed by atoms with Gasteiger partial charge in [0.2, 0.25) is 11.8 Å². The number of amides is 2. The van der Waals surface area contributed by atoms with Gasteiger partial charge in [-0.2, -0.15) is 0 Å². The maximum absolute atomic E-state index is 14.0. The molecule has 0 radical (unpaired) electrons. The molecule has 4 atom stereocenters. The van der Waals surface area contributed by atoms with E-state index in [1.54, 1.807) is 16.2 Å². The Morgan fingerprint density at radius 3 is 2.51 bits per heavy atom. The molecule has 3 aliphatic heterocycles. The average Bonchev–Trinajstić information content (AvgIpc) is 3.73. The second kappa shape index (κ2) is 13.8. The lowest BCUT2D eigenvalue weighted by Gasteiger charge is -2.43. The van der Waals surface area contributed by atoms with Gasteiger partial charge in [0.15, 0.2) is 0 Å². The van der Waals surface area contributed by atoms with Gasteiger partial charge in [-0.05, 0) is 81.5 Å².